The van der Waals surface area contributed by atoms with Crippen LogP contribution in [-0.4, -0.2) is 39.3 Å². The summed E-state index contributed by atoms with van der Waals surface area (Å²) in [6.45, 7) is 1.40. The molecule has 0 radical (unpaired) electrons. The molecule has 0 fully saturated rings. The Balaban J connectivity index is 3.19. The second kappa shape index (κ2) is 6.65. The van der Waals surface area contributed by atoms with Crippen molar-refractivity contribution < 1.29 is 34.5 Å². The highest BCUT2D eigenvalue weighted by molar-refractivity contribution is 6.03. The number of hydrogen-bond acceptors (Lipinski definition) is 5. The van der Waals surface area contributed by atoms with Gasteiger partial charge in [0.05, 0.1) is 17.0 Å². The molecular weight excluding hydrogens is 280 g/mol. The van der Waals surface area contributed by atoms with Gasteiger partial charge in [0.25, 0.3) is 0 Å². The summed E-state index contributed by atoms with van der Waals surface area (Å²) in [5.41, 5.74) is -1.14. The van der Waals surface area contributed by atoms with Gasteiger partial charge in [-0.15, -0.1) is 0 Å². The molecule has 3 N–H and O–H groups in total. The number of hydrogen-bond donors (Lipinski definition) is 3. The maximum absolute atomic E-state index is 11.6. The van der Waals surface area contributed by atoms with Crippen LogP contribution in [0.2, 0.25) is 0 Å². The zero-order chi connectivity index (χ0) is 16.2. The monoisotopic (exact) mass is 294 g/mol. The number of ketones is 1. The van der Waals surface area contributed by atoms with Gasteiger partial charge in [-0.2, -0.15) is 0 Å². The maximum atomic E-state index is 11.6. The summed E-state index contributed by atoms with van der Waals surface area (Å²) in [4.78, 5) is 44.3. The highest BCUT2D eigenvalue weighted by Crippen LogP contribution is 2.26. The number of aromatic hydroxyl groups is 1. The van der Waals surface area contributed by atoms with Crippen LogP contribution in [0.5, 0.6) is 5.75 Å². The Kier molecular flexibility index (Phi) is 5.18. The minimum Gasteiger partial charge on any atom is -0.508 e. The largest absolute Gasteiger partial charge is 0.508 e. The van der Waals surface area contributed by atoms with Crippen molar-refractivity contribution in [1.29, 1.82) is 0 Å². The van der Waals surface area contributed by atoms with Crippen LogP contribution >= 0.6 is 0 Å². The van der Waals surface area contributed by atoms with E-state index in [1.807, 2.05) is 0 Å². The lowest BCUT2D eigenvalue weighted by molar-refractivity contribution is -0.126. The summed E-state index contributed by atoms with van der Waals surface area (Å²) in [5, 5.41) is 27.8. The summed E-state index contributed by atoms with van der Waals surface area (Å²) in [6.07, 6.45) is 0.135. The van der Waals surface area contributed by atoms with Gasteiger partial charge >= 0.3 is 11.9 Å². The van der Waals surface area contributed by atoms with Crippen molar-refractivity contribution in [2.24, 2.45) is 5.92 Å². The van der Waals surface area contributed by atoms with Crippen molar-refractivity contribution >= 4 is 24.0 Å². The molecule has 0 aliphatic heterocycles. The van der Waals surface area contributed by atoms with Crippen LogP contribution in [0, 0.1) is 5.92 Å². The molecule has 1 atom stereocenters. The second-order valence-electron chi connectivity index (χ2n) is 4.49. The molecule has 0 saturated carbocycles. The Bertz CT molecular complexity index is 604. The van der Waals surface area contributed by atoms with Gasteiger partial charge in [-0.1, -0.05) is 0 Å². The molecule has 0 bridgehead atoms. The predicted molar refractivity (Wildman–Crippen MR) is 70.6 cm³/mol. The van der Waals surface area contributed by atoms with E-state index in [0.29, 0.717) is 6.29 Å². The molecule has 0 aliphatic carbocycles. The van der Waals surface area contributed by atoms with E-state index in [0.717, 1.165) is 12.1 Å². The average Bonchev–Trinajstić information content (AvgIpc) is 2.43. The second-order valence-corrected chi connectivity index (χ2v) is 4.49. The maximum Gasteiger partial charge on any atom is 0.336 e. The Morgan fingerprint density at radius 1 is 1.19 bits per heavy atom. The summed E-state index contributed by atoms with van der Waals surface area (Å²) < 4.78 is 0. The molecule has 1 unspecified atom stereocenters. The standard InChI is InChI=1S/C14H14O7/c1-7(6-15)10(16)4-2-8-11(17)5-3-9(13(18)19)12(8)14(20)21/h3,5-7,17H,2,4H2,1H3,(H,18,19)(H,20,21). The third kappa shape index (κ3) is 3.65. The zero-order valence-electron chi connectivity index (χ0n) is 11.2. The van der Waals surface area contributed by atoms with Gasteiger partial charge in [-0.25, -0.2) is 9.59 Å². The van der Waals surface area contributed by atoms with Crippen LogP contribution in [0.4, 0.5) is 0 Å². The normalized spacial score (nSPS) is 11.7. The number of aromatic carboxylic acids is 2. The van der Waals surface area contributed by atoms with Gasteiger partial charge in [0.1, 0.15) is 17.8 Å². The molecule has 0 heterocycles. The van der Waals surface area contributed by atoms with Gasteiger partial charge < -0.3 is 20.1 Å². The summed E-state index contributed by atoms with van der Waals surface area (Å²) in [7, 11) is 0. The van der Waals surface area contributed by atoms with Gasteiger partial charge in [0.15, 0.2) is 0 Å². The molecule has 7 heteroatoms. The summed E-state index contributed by atoms with van der Waals surface area (Å²) >= 11 is 0. The van der Waals surface area contributed by atoms with Crippen molar-refractivity contribution in [2.75, 3.05) is 0 Å². The van der Waals surface area contributed by atoms with Gasteiger partial charge in [0.2, 0.25) is 0 Å². The van der Waals surface area contributed by atoms with Crippen molar-refractivity contribution in [3.05, 3.63) is 28.8 Å². The molecule has 112 valence electrons. The highest BCUT2D eigenvalue weighted by Gasteiger charge is 2.23. The molecule has 0 saturated heterocycles. The Hall–Kier alpha value is -2.70. The van der Waals surface area contributed by atoms with Crippen LogP contribution in [-0.2, 0) is 16.0 Å². The van der Waals surface area contributed by atoms with Crippen LogP contribution < -0.4 is 0 Å². The lowest BCUT2D eigenvalue weighted by Crippen LogP contribution is -2.15. The van der Waals surface area contributed by atoms with E-state index in [2.05, 4.69) is 0 Å². The SMILES string of the molecule is CC(C=O)C(=O)CCc1c(O)ccc(C(=O)O)c1C(=O)O. The number of benzene rings is 1. The average molecular weight is 294 g/mol. The quantitative estimate of drug-likeness (QED) is 0.507. The fourth-order valence-corrected chi connectivity index (χ4v) is 1.86. The zero-order valence-corrected chi connectivity index (χ0v) is 11.2. The lowest BCUT2D eigenvalue weighted by Gasteiger charge is -2.11. The smallest absolute Gasteiger partial charge is 0.336 e. The van der Waals surface area contributed by atoms with E-state index in [9.17, 15) is 24.3 Å². The number of rotatable bonds is 7. The number of carboxylic acid groups (broad SMARTS) is 2. The number of phenols is 1. The number of phenolic OH excluding ortho intramolecular Hbond substituents is 1. The van der Waals surface area contributed by atoms with E-state index < -0.39 is 40.5 Å². The van der Waals surface area contributed by atoms with Crippen molar-refractivity contribution in [2.45, 2.75) is 19.8 Å². The fraction of sp³-hybridized carbons (Fsp3) is 0.286. The first kappa shape index (κ1) is 16.4. The minimum atomic E-state index is -1.51. The predicted octanol–water partition coefficient (Wildman–Crippen LogP) is 1.13. The number of carbonyl (C=O) groups is 4. The number of carbonyl (C=O) groups excluding carboxylic acids is 2. The van der Waals surface area contributed by atoms with Crippen molar-refractivity contribution in [3.8, 4) is 5.75 Å². The molecule has 7 nitrogen and oxygen atoms in total. The Morgan fingerprint density at radius 3 is 2.29 bits per heavy atom. The van der Waals surface area contributed by atoms with E-state index in [1.165, 1.54) is 6.92 Å². The van der Waals surface area contributed by atoms with Crippen molar-refractivity contribution in [1.82, 2.24) is 0 Å². The number of aldehydes is 1. The fourth-order valence-electron chi connectivity index (χ4n) is 1.86. The molecular formula is C14H14O7. The summed E-state index contributed by atoms with van der Waals surface area (Å²) in [6, 6.07) is 2.05. The summed E-state index contributed by atoms with van der Waals surface area (Å²) in [5.74, 6) is -4.59. The molecule has 1 aromatic carbocycles. The van der Waals surface area contributed by atoms with Crippen molar-refractivity contribution in [3.63, 3.8) is 0 Å². The van der Waals surface area contributed by atoms with Gasteiger partial charge in [-0.3, -0.25) is 4.79 Å². The molecule has 1 rings (SSSR count). The Labute approximate surface area is 119 Å². The van der Waals surface area contributed by atoms with Gasteiger partial charge in [0, 0.05) is 12.0 Å². The van der Waals surface area contributed by atoms with Crippen LogP contribution in [0.3, 0.4) is 0 Å². The van der Waals surface area contributed by atoms with Crippen LogP contribution in [0.15, 0.2) is 12.1 Å². The minimum absolute atomic E-state index is 0.131. The number of carboxylic acids is 2. The molecule has 0 aromatic heterocycles. The van der Waals surface area contributed by atoms with Crippen LogP contribution in [0.25, 0.3) is 0 Å². The molecule has 1 aromatic rings. The molecule has 0 amide bonds. The van der Waals surface area contributed by atoms with E-state index in [4.69, 9.17) is 10.2 Å². The number of Topliss-reactive ketones (excluding diaryl/α,β-unsaturated/α-hetero) is 1. The first-order chi connectivity index (χ1) is 9.79. The molecule has 21 heavy (non-hydrogen) atoms. The van der Waals surface area contributed by atoms with Gasteiger partial charge in [-0.05, 0) is 25.5 Å². The molecule has 0 aliphatic rings. The first-order valence-corrected chi connectivity index (χ1v) is 6.09. The van der Waals surface area contributed by atoms with Crippen LogP contribution in [0.1, 0.15) is 39.6 Å². The first-order valence-electron chi connectivity index (χ1n) is 6.09. The highest BCUT2D eigenvalue weighted by atomic mass is 16.4. The van der Waals surface area contributed by atoms with E-state index >= 15 is 0 Å². The van der Waals surface area contributed by atoms with E-state index in [-0.39, 0.29) is 18.4 Å². The lowest BCUT2D eigenvalue weighted by atomic mass is 9.94. The topological polar surface area (TPSA) is 129 Å². The third-order valence-electron chi connectivity index (χ3n) is 3.07. The molecule has 0 spiro atoms. The third-order valence-corrected chi connectivity index (χ3v) is 3.07. The van der Waals surface area contributed by atoms with E-state index in [1.54, 1.807) is 0 Å². The Morgan fingerprint density at radius 2 is 1.81 bits per heavy atom.